The van der Waals surface area contributed by atoms with Crippen molar-refractivity contribution in [2.24, 2.45) is 23.7 Å². The molecule has 2 saturated heterocycles. The first-order valence-electron chi connectivity index (χ1n) is 15.0. The quantitative estimate of drug-likeness (QED) is 0.220. The van der Waals surface area contributed by atoms with Gasteiger partial charge in [0.15, 0.2) is 6.29 Å². The van der Waals surface area contributed by atoms with Gasteiger partial charge in [-0.05, 0) is 45.8 Å². The second-order valence-electron chi connectivity index (χ2n) is 11.0. The zero-order chi connectivity index (χ0) is 33.2. The van der Waals surface area contributed by atoms with Crippen molar-refractivity contribution < 1.29 is 48.3 Å². The van der Waals surface area contributed by atoms with Gasteiger partial charge < -0.3 is 29.2 Å². The van der Waals surface area contributed by atoms with E-state index in [-0.39, 0.29) is 60.7 Å². The van der Waals surface area contributed by atoms with Gasteiger partial charge in [0.2, 0.25) is 0 Å². The fourth-order valence-electron chi connectivity index (χ4n) is 4.95. The van der Waals surface area contributed by atoms with Crippen molar-refractivity contribution in [3.63, 3.8) is 0 Å². The average molecular weight is 651 g/mol. The van der Waals surface area contributed by atoms with Crippen molar-refractivity contribution in [1.29, 1.82) is 0 Å². The fourth-order valence-corrected chi connectivity index (χ4v) is 7.13. The minimum Gasteiger partial charge on any atom is -0.481 e. The number of aliphatic hydroxyl groups excluding tert-OH is 1. The van der Waals surface area contributed by atoms with Gasteiger partial charge in [-0.2, -0.15) is 0 Å². The summed E-state index contributed by atoms with van der Waals surface area (Å²) in [5, 5.41) is 15.8. The van der Waals surface area contributed by atoms with E-state index in [0.717, 1.165) is 26.2 Å². The monoisotopic (exact) mass is 650 g/mol. The first kappa shape index (κ1) is 41.4. The van der Waals surface area contributed by atoms with Crippen LogP contribution in [-0.2, 0) is 38.1 Å². The summed E-state index contributed by atoms with van der Waals surface area (Å²) in [6.45, 7) is 13.2. The Bertz CT molecular complexity index is 879. The van der Waals surface area contributed by atoms with E-state index < -0.39 is 23.1 Å². The molecule has 3 aliphatic heterocycles. The van der Waals surface area contributed by atoms with Crippen molar-refractivity contribution >= 4 is 45.3 Å². The highest BCUT2D eigenvalue weighted by atomic mass is 33.1. The number of carboxylic acids is 1. The summed E-state index contributed by atoms with van der Waals surface area (Å²) in [5.74, 6) is -2.14. The third kappa shape index (κ3) is 15.8. The minimum absolute atomic E-state index is 0.0822. The number of hydrogen-bond donors (Lipinski definition) is 2. The van der Waals surface area contributed by atoms with E-state index in [0.29, 0.717) is 19.3 Å². The van der Waals surface area contributed by atoms with E-state index in [1.165, 1.54) is 21.6 Å². The lowest BCUT2D eigenvalue weighted by Gasteiger charge is -2.39. The van der Waals surface area contributed by atoms with Gasteiger partial charge in [0.05, 0.1) is 30.8 Å². The van der Waals surface area contributed by atoms with Crippen molar-refractivity contribution in [2.45, 2.75) is 110 Å². The normalized spacial score (nSPS) is 33.3. The number of ketones is 1. The number of carbonyl (C=O) groups excluding carboxylic acids is 3. The smallest absolute Gasteiger partial charge is 0.320 e. The maximum absolute atomic E-state index is 13.1. The van der Waals surface area contributed by atoms with Crippen LogP contribution in [0.4, 0.5) is 0 Å². The van der Waals surface area contributed by atoms with E-state index in [4.69, 9.17) is 34.0 Å². The highest BCUT2D eigenvalue weighted by Crippen LogP contribution is 2.42. The lowest BCUT2D eigenvalue weighted by atomic mass is 9.75. The molecule has 2 fully saturated rings. The maximum Gasteiger partial charge on any atom is 0.320 e. The molecule has 3 rings (SSSR count). The van der Waals surface area contributed by atoms with Crippen LogP contribution in [0.25, 0.3) is 0 Å². The molecular formula is C31H54O10S2. The minimum atomic E-state index is -0.833. The SMILES string of the molecule is CC.CC(=O)O.CC1C=CCC(O)O1.COC1(C)CCCC(C)C(=O)OCC2COC(=O)C(SSC)C2C(C)C(=O)CC1. The summed E-state index contributed by atoms with van der Waals surface area (Å²) < 4.78 is 21.7. The first-order valence-corrected chi connectivity index (χ1v) is 17.7. The summed E-state index contributed by atoms with van der Waals surface area (Å²) >= 11 is 0. The molecule has 2 N–H and O–H groups in total. The number of Topliss-reactive ketones (excluding diaryl/α,β-unsaturated/α-hetero) is 1. The van der Waals surface area contributed by atoms with E-state index in [2.05, 4.69) is 0 Å². The Kier molecular flexibility index (Phi) is 21.2. The molecule has 0 aliphatic carbocycles. The number of cyclic esters (lactones) is 2. The Morgan fingerprint density at radius 1 is 1.07 bits per heavy atom. The number of methoxy groups -OCH3 is 1. The molecule has 0 aromatic heterocycles. The number of esters is 2. The van der Waals surface area contributed by atoms with Gasteiger partial charge in [0, 0.05) is 44.6 Å². The van der Waals surface area contributed by atoms with Crippen LogP contribution >= 0.6 is 21.6 Å². The van der Waals surface area contributed by atoms with Crippen molar-refractivity contribution in [2.75, 3.05) is 26.6 Å². The predicted octanol–water partition coefficient (Wildman–Crippen LogP) is 5.70. The third-order valence-electron chi connectivity index (χ3n) is 7.55. The van der Waals surface area contributed by atoms with Gasteiger partial charge >= 0.3 is 11.9 Å². The van der Waals surface area contributed by atoms with Gasteiger partial charge in [0.1, 0.15) is 11.0 Å². The molecule has 8 unspecified atom stereocenters. The van der Waals surface area contributed by atoms with E-state index in [1.807, 2.05) is 60.0 Å². The molecule has 3 aliphatic rings. The molecule has 250 valence electrons. The topological polar surface area (TPSA) is 146 Å². The third-order valence-corrected chi connectivity index (χ3v) is 9.65. The number of hydrogen-bond acceptors (Lipinski definition) is 11. The zero-order valence-electron chi connectivity index (χ0n) is 27.3. The van der Waals surface area contributed by atoms with E-state index >= 15 is 0 Å². The molecule has 0 bridgehead atoms. The van der Waals surface area contributed by atoms with E-state index in [9.17, 15) is 14.4 Å². The molecule has 3 heterocycles. The van der Waals surface area contributed by atoms with Crippen LogP contribution in [0.5, 0.6) is 0 Å². The van der Waals surface area contributed by atoms with Crippen LogP contribution < -0.4 is 0 Å². The second kappa shape index (κ2) is 22.0. The molecule has 8 atom stereocenters. The van der Waals surface area contributed by atoms with Crippen LogP contribution in [0.1, 0.15) is 87.0 Å². The average Bonchev–Trinajstić information content (AvgIpc) is 2.96. The molecule has 0 aromatic carbocycles. The summed E-state index contributed by atoms with van der Waals surface area (Å²) in [6.07, 6.45) is 9.29. The molecule has 0 saturated carbocycles. The second-order valence-corrected chi connectivity index (χ2v) is 13.6. The molecule has 12 heteroatoms. The predicted molar refractivity (Wildman–Crippen MR) is 171 cm³/mol. The first-order chi connectivity index (χ1) is 20.2. The van der Waals surface area contributed by atoms with Crippen LogP contribution in [0.15, 0.2) is 12.2 Å². The van der Waals surface area contributed by atoms with E-state index in [1.54, 1.807) is 7.11 Å². The van der Waals surface area contributed by atoms with Crippen molar-refractivity contribution in [3.8, 4) is 0 Å². The van der Waals surface area contributed by atoms with Crippen LogP contribution in [0.2, 0.25) is 0 Å². The Morgan fingerprint density at radius 3 is 2.14 bits per heavy atom. The number of aliphatic carboxylic acids is 1. The van der Waals surface area contributed by atoms with Crippen molar-refractivity contribution in [1.82, 2.24) is 0 Å². The molecular weight excluding hydrogens is 596 g/mol. The Balaban J connectivity index is 0.00000104. The Hall–Kier alpha value is -1.60. The van der Waals surface area contributed by atoms with Gasteiger partial charge in [-0.1, -0.05) is 61.4 Å². The maximum atomic E-state index is 13.1. The summed E-state index contributed by atoms with van der Waals surface area (Å²) in [7, 11) is 4.59. The number of ether oxygens (including phenoxy) is 4. The largest absolute Gasteiger partial charge is 0.481 e. The van der Waals surface area contributed by atoms with Crippen LogP contribution in [0.3, 0.4) is 0 Å². The standard InChI is InChI=1S/C21H34O6S2.C6H10O2.C2H4O2.C2H6/c1-13-7-6-9-21(3,25-4)10-8-16(22)14(2)17-15(11-26-19(13)23)12-27-20(24)18(17)29-28-5;1-5-3-2-4-6(7)8-5;1-2(3)4;1-2/h13-15,17-18H,6-12H2,1-5H3;2-3,5-7H,4H2,1H3;1H3,(H,3,4);1-2H3. The number of aliphatic hydroxyl groups is 1. The molecule has 43 heavy (non-hydrogen) atoms. The lowest BCUT2D eigenvalue weighted by Crippen LogP contribution is -2.48. The highest BCUT2D eigenvalue weighted by Gasteiger charge is 2.46. The van der Waals surface area contributed by atoms with Gasteiger partial charge in [-0.25, -0.2) is 0 Å². The van der Waals surface area contributed by atoms with Crippen LogP contribution in [0, 0.1) is 23.7 Å². The highest BCUT2D eigenvalue weighted by molar-refractivity contribution is 8.76. The summed E-state index contributed by atoms with van der Waals surface area (Å²) in [5.41, 5.74) is -0.401. The fraction of sp³-hybridized carbons (Fsp3) is 0.806. The van der Waals surface area contributed by atoms with Crippen LogP contribution in [-0.4, -0.2) is 83.7 Å². The molecule has 10 nitrogen and oxygen atoms in total. The molecule has 0 radical (unpaired) electrons. The number of rotatable bonds is 3. The summed E-state index contributed by atoms with van der Waals surface area (Å²) in [6, 6.07) is 0. The number of carboxylic acid groups (broad SMARTS) is 1. The summed E-state index contributed by atoms with van der Waals surface area (Å²) in [4.78, 5) is 47.0. The number of carbonyl (C=O) groups is 4. The lowest BCUT2D eigenvalue weighted by molar-refractivity contribution is -0.161. The zero-order valence-corrected chi connectivity index (χ0v) is 29.0. The van der Waals surface area contributed by atoms with Gasteiger partial charge in [-0.15, -0.1) is 0 Å². The Morgan fingerprint density at radius 2 is 1.65 bits per heavy atom. The molecule has 0 spiro atoms. The number of fused-ring (bicyclic) bond motifs is 1. The van der Waals surface area contributed by atoms with Crippen molar-refractivity contribution in [3.05, 3.63) is 12.2 Å². The van der Waals surface area contributed by atoms with Gasteiger partial charge in [-0.3, -0.25) is 19.2 Å². The molecule has 0 amide bonds. The Labute approximate surface area is 265 Å². The molecule has 0 aromatic rings. The van der Waals surface area contributed by atoms with Gasteiger partial charge in [0.25, 0.3) is 5.97 Å².